The van der Waals surface area contributed by atoms with Gasteiger partial charge in [0.15, 0.2) is 11.5 Å². The van der Waals surface area contributed by atoms with Crippen LogP contribution in [-0.2, 0) is 0 Å². The second-order valence-corrected chi connectivity index (χ2v) is 5.03. The van der Waals surface area contributed by atoms with E-state index < -0.39 is 0 Å². The van der Waals surface area contributed by atoms with Crippen LogP contribution in [0.15, 0.2) is 30.6 Å². The van der Waals surface area contributed by atoms with Crippen LogP contribution >= 0.6 is 11.6 Å². The van der Waals surface area contributed by atoms with Crippen molar-refractivity contribution in [2.24, 2.45) is 5.84 Å². The molecule has 0 atom stereocenters. The third kappa shape index (κ3) is 1.83. The maximum atomic E-state index is 6.09. The number of nitrogens with two attached hydrogens (primary N) is 1. The summed E-state index contributed by atoms with van der Waals surface area (Å²) in [5.41, 5.74) is 6.58. The maximum absolute atomic E-state index is 6.09. The summed E-state index contributed by atoms with van der Waals surface area (Å²) < 4.78 is 2.05. The van der Waals surface area contributed by atoms with E-state index in [1.54, 1.807) is 0 Å². The molecule has 2 heterocycles. The quantitative estimate of drug-likeness (QED) is 0.562. The number of rotatable bonds is 2. The van der Waals surface area contributed by atoms with Crippen molar-refractivity contribution in [3.05, 3.63) is 46.9 Å². The maximum Gasteiger partial charge on any atom is 0.153 e. The molecule has 3 N–H and O–H groups in total. The third-order valence-electron chi connectivity index (χ3n) is 3.50. The van der Waals surface area contributed by atoms with Crippen molar-refractivity contribution < 1.29 is 0 Å². The van der Waals surface area contributed by atoms with Crippen LogP contribution in [-0.4, -0.2) is 14.5 Å². The number of hydrazine groups is 1. The predicted molar refractivity (Wildman–Crippen MR) is 81.2 cm³/mol. The summed E-state index contributed by atoms with van der Waals surface area (Å²) in [7, 11) is 0. The summed E-state index contributed by atoms with van der Waals surface area (Å²) in [6, 6.07) is 7.67. The number of fused-ring (bicyclic) bond motifs is 1. The molecule has 0 saturated heterocycles. The van der Waals surface area contributed by atoms with Gasteiger partial charge in [0.05, 0.1) is 5.39 Å². The highest BCUT2D eigenvalue weighted by Gasteiger charge is 2.17. The Morgan fingerprint density at radius 2 is 2.05 bits per heavy atom. The van der Waals surface area contributed by atoms with Crippen LogP contribution < -0.4 is 11.3 Å². The normalized spacial score (nSPS) is 11.0. The Bertz CT molecular complexity index is 794. The number of hydrogen-bond acceptors (Lipinski definition) is 4. The Kier molecular flexibility index (Phi) is 3.08. The molecule has 5 nitrogen and oxygen atoms in total. The van der Waals surface area contributed by atoms with Crippen LogP contribution in [0.25, 0.3) is 16.7 Å². The fraction of sp³-hybridized carbons (Fsp3) is 0.143. The smallest absolute Gasteiger partial charge is 0.153 e. The second-order valence-electron chi connectivity index (χ2n) is 4.59. The van der Waals surface area contributed by atoms with Crippen molar-refractivity contribution in [2.45, 2.75) is 13.8 Å². The highest BCUT2D eigenvalue weighted by Crippen LogP contribution is 2.31. The lowest BCUT2D eigenvalue weighted by molar-refractivity contribution is 1.01. The van der Waals surface area contributed by atoms with E-state index in [2.05, 4.69) is 20.0 Å². The first kappa shape index (κ1) is 12.9. The lowest BCUT2D eigenvalue weighted by Crippen LogP contribution is -2.09. The van der Waals surface area contributed by atoms with Gasteiger partial charge in [0.25, 0.3) is 0 Å². The zero-order valence-corrected chi connectivity index (χ0v) is 11.9. The molecule has 6 heteroatoms. The van der Waals surface area contributed by atoms with Gasteiger partial charge in [-0.15, -0.1) is 0 Å². The molecule has 2 aromatic heterocycles. The van der Waals surface area contributed by atoms with Gasteiger partial charge in [0, 0.05) is 16.4 Å². The average molecular weight is 288 g/mol. The first-order chi connectivity index (χ1) is 9.63. The zero-order valence-electron chi connectivity index (χ0n) is 11.2. The summed E-state index contributed by atoms with van der Waals surface area (Å²) in [6.07, 6.45) is 1.50. The number of aromatic nitrogens is 3. The number of anilines is 1. The van der Waals surface area contributed by atoms with Crippen LogP contribution in [0.4, 0.5) is 5.82 Å². The van der Waals surface area contributed by atoms with Gasteiger partial charge < -0.3 is 5.43 Å². The van der Waals surface area contributed by atoms with Gasteiger partial charge in [0.2, 0.25) is 0 Å². The predicted octanol–water partition coefficient (Wildman–Crippen LogP) is 2.98. The molecule has 0 bridgehead atoms. The van der Waals surface area contributed by atoms with Gasteiger partial charge in [-0.3, -0.25) is 4.57 Å². The van der Waals surface area contributed by atoms with E-state index in [0.29, 0.717) is 10.8 Å². The van der Waals surface area contributed by atoms with E-state index in [1.165, 1.54) is 6.33 Å². The van der Waals surface area contributed by atoms with Crippen LogP contribution in [0.5, 0.6) is 0 Å². The van der Waals surface area contributed by atoms with Gasteiger partial charge in [-0.05, 0) is 37.6 Å². The third-order valence-corrected chi connectivity index (χ3v) is 3.73. The molecule has 0 fully saturated rings. The molecule has 102 valence electrons. The van der Waals surface area contributed by atoms with Gasteiger partial charge in [-0.1, -0.05) is 17.7 Å². The minimum Gasteiger partial charge on any atom is -0.308 e. The van der Waals surface area contributed by atoms with E-state index in [1.807, 2.05) is 38.1 Å². The Labute approximate surface area is 121 Å². The van der Waals surface area contributed by atoms with Gasteiger partial charge >= 0.3 is 0 Å². The van der Waals surface area contributed by atoms with Gasteiger partial charge in [-0.25, -0.2) is 15.8 Å². The van der Waals surface area contributed by atoms with E-state index in [0.717, 1.165) is 28.0 Å². The number of benzene rings is 1. The van der Waals surface area contributed by atoms with Crippen molar-refractivity contribution in [3.8, 4) is 5.69 Å². The molecular weight excluding hydrogens is 274 g/mol. The van der Waals surface area contributed by atoms with Crippen LogP contribution in [0.2, 0.25) is 5.02 Å². The van der Waals surface area contributed by atoms with Crippen molar-refractivity contribution >= 4 is 28.5 Å². The Balaban J connectivity index is 2.40. The SMILES string of the molecule is Cc1c(C)n(-c2cccc(Cl)c2)c2ncnc(NN)c12. The summed E-state index contributed by atoms with van der Waals surface area (Å²) in [5, 5.41) is 1.61. The number of nitrogens with one attached hydrogen (secondary N) is 1. The number of aryl methyl sites for hydroxylation is 1. The van der Waals surface area contributed by atoms with Crippen LogP contribution in [0.1, 0.15) is 11.3 Å². The summed E-state index contributed by atoms with van der Waals surface area (Å²) >= 11 is 6.09. The first-order valence-electron chi connectivity index (χ1n) is 6.18. The standard InChI is InChI=1S/C14H14ClN5/c1-8-9(2)20(11-5-3-4-10(15)6-11)14-12(8)13(19-16)17-7-18-14/h3-7H,16H2,1-2H3,(H,17,18,19). The summed E-state index contributed by atoms with van der Waals surface area (Å²) in [5.74, 6) is 6.16. The van der Waals surface area contributed by atoms with Crippen molar-refractivity contribution in [1.29, 1.82) is 0 Å². The zero-order chi connectivity index (χ0) is 14.3. The minimum absolute atomic E-state index is 0.622. The lowest BCUT2D eigenvalue weighted by atomic mass is 10.2. The molecule has 0 aliphatic heterocycles. The molecule has 0 amide bonds. The average Bonchev–Trinajstić information content (AvgIpc) is 2.71. The van der Waals surface area contributed by atoms with Crippen molar-refractivity contribution in [3.63, 3.8) is 0 Å². The summed E-state index contributed by atoms with van der Waals surface area (Å²) in [4.78, 5) is 8.56. The van der Waals surface area contributed by atoms with Crippen LogP contribution in [0, 0.1) is 13.8 Å². The monoisotopic (exact) mass is 287 g/mol. The Morgan fingerprint density at radius 3 is 2.75 bits per heavy atom. The van der Waals surface area contributed by atoms with E-state index >= 15 is 0 Å². The number of halogens is 1. The minimum atomic E-state index is 0.622. The molecule has 0 aliphatic carbocycles. The highest BCUT2D eigenvalue weighted by atomic mass is 35.5. The Hall–Kier alpha value is -2.11. The number of hydrogen-bond donors (Lipinski definition) is 2. The van der Waals surface area contributed by atoms with Crippen molar-refractivity contribution in [1.82, 2.24) is 14.5 Å². The molecule has 0 saturated carbocycles. The van der Waals surface area contributed by atoms with E-state index in [4.69, 9.17) is 17.4 Å². The largest absolute Gasteiger partial charge is 0.308 e. The van der Waals surface area contributed by atoms with Crippen LogP contribution in [0.3, 0.4) is 0 Å². The molecule has 0 radical (unpaired) electrons. The molecule has 20 heavy (non-hydrogen) atoms. The van der Waals surface area contributed by atoms with Crippen molar-refractivity contribution in [2.75, 3.05) is 5.43 Å². The highest BCUT2D eigenvalue weighted by molar-refractivity contribution is 6.30. The van der Waals surface area contributed by atoms with Gasteiger partial charge in [0.1, 0.15) is 6.33 Å². The molecular formula is C14H14ClN5. The molecule has 3 rings (SSSR count). The topological polar surface area (TPSA) is 68.8 Å². The first-order valence-corrected chi connectivity index (χ1v) is 6.56. The molecule has 0 spiro atoms. The van der Waals surface area contributed by atoms with Gasteiger partial charge in [-0.2, -0.15) is 0 Å². The number of nitrogens with zero attached hydrogens (tertiary/aromatic N) is 3. The fourth-order valence-corrected chi connectivity index (χ4v) is 2.62. The van der Waals surface area contributed by atoms with E-state index in [9.17, 15) is 0 Å². The second kappa shape index (κ2) is 4.77. The molecule has 3 aromatic rings. The molecule has 0 unspecified atom stereocenters. The molecule has 1 aromatic carbocycles. The Morgan fingerprint density at radius 1 is 1.25 bits per heavy atom. The number of nitrogen functional groups attached to an aromatic ring is 1. The lowest BCUT2D eigenvalue weighted by Gasteiger charge is -2.08. The van der Waals surface area contributed by atoms with E-state index in [-0.39, 0.29) is 0 Å². The fourth-order valence-electron chi connectivity index (χ4n) is 2.44. The molecule has 0 aliphatic rings. The summed E-state index contributed by atoms with van der Waals surface area (Å²) in [6.45, 7) is 4.07.